The van der Waals surface area contributed by atoms with Gasteiger partial charge in [0.05, 0.1) is 5.69 Å². The van der Waals surface area contributed by atoms with Crippen molar-refractivity contribution in [3.05, 3.63) is 45.5 Å². The Bertz CT molecular complexity index is 639. The number of carbonyl (C=O) groups is 1. The molecule has 0 aliphatic heterocycles. The molecule has 7 heteroatoms. The van der Waals surface area contributed by atoms with E-state index >= 15 is 0 Å². The zero-order valence-electron chi connectivity index (χ0n) is 8.35. The number of aromatic amines is 1. The van der Waals surface area contributed by atoms with Gasteiger partial charge in [0.2, 0.25) is 5.43 Å². The molecule has 2 rings (SSSR count). The summed E-state index contributed by atoms with van der Waals surface area (Å²) in [6.45, 7) is 0. The second-order valence-electron chi connectivity index (χ2n) is 3.13. The predicted molar refractivity (Wildman–Crippen MR) is 60.1 cm³/mol. The van der Waals surface area contributed by atoms with E-state index in [0.717, 1.165) is 0 Å². The van der Waals surface area contributed by atoms with Gasteiger partial charge in [-0.3, -0.25) is 4.79 Å². The highest BCUT2D eigenvalue weighted by Gasteiger charge is 2.09. The number of pyridine rings is 1. The van der Waals surface area contributed by atoms with Gasteiger partial charge < -0.3 is 10.1 Å². The molecule has 6 nitrogen and oxygen atoms in total. The number of hydrogen-bond acceptors (Lipinski definition) is 4. The summed E-state index contributed by atoms with van der Waals surface area (Å²) in [5, 5.41) is 8.82. The Morgan fingerprint density at radius 2 is 2.24 bits per heavy atom. The number of halogens is 1. The molecule has 17 heavy (non-hydrogen) atoms. The number of nitrogens with zero attached hydrogens (tertiary/aromatic N) is 2. The van der Waals surface area contributed by atoms with E-state index in [1.54, 1.807) is 0 Å². The van der Waals surface area contributed by atoms with Gasteiger partial charge in [-0.1, -0.05) is 11.6 Å². The molecule has 0 aliphatic carbocycles. The molecule has 0 spiro atoms. The Morgan fingerprint density at radius 3 is 2.88 bits per heavy atom. The number of carboxylic acid groups (broad SMARTS) is 1. The van der Waals surface area contributed by atoms with Crippen molar-refractivity contribution in [1.82, 2.24) is 15.0 Å². The summed E-state index contributed by atoms with van der Waals surface area (Å²) in [5.74, 6) is -1.04. The van der Waals surface area contributed by atoms with Crippen molar-refractivity contribution >= 4 is 17.6 Å². The standard InChI is InChI=1S/C10H6ClN3O3/c11-5-4-13-7(3-8(5)15)9-12-2-1-6(14-9)10(16)17/h1-4H,(H,13,15)(H,16,17). The average Bonchev–Trinajstić information content (AvgIpc) is 2.33. The van der Waals surface area contributed by atoms with E-state index in [1.165, 1.54) is 24.5 Å². The third-order valence-electron chi connectivity index (χ3n) is 1.98. The van der Waals surface area contributed by atoms with Gasteiger partial charge in [-0.15, -0.1) is 0 Å². The fraction of sp³-hybridized carbons (Fsp3) is 0. The maximum absolute atomic E-state index is 11.3. The van der Waals surface area contributed by atoms with Crippen LogP contribution in [0.15, 0.2) is 29.3 Å². The van der Waals surface area contributed by atoms with Crippen LogP contribution in [-0.4, -0.2) is 26.0 Å². The quantitative estimate of drug-likeness (QED) is 0.836. The summed E-state index contributed by atoms with van der Waals surface area (Å²) < 4.78 is 0. The molecule has 2 N–H and O–H groups in total. The van der Waals surface area contributed by atoms with Crippen LogP contribution in [0.2, 0.25) is 5.02 Å². The number of hydrogen-bond donors (Lipinski definition) is 2. The number of aromatic nitrogens is 3. The predicted octanol–water partition coefficient (Wildman–Crippen LogP) is 1.18. The maximum atomic E-state index is 11.3. The van der Waals surface area contributed by atoms with E-state index in [4.69, 9.17) is 16.7 Å². The lowest BCUT2D eigenvalue weighted by Gasteiger charge is -2.00. The highest BCUT2D eigenvalue weighted by Crippen LogP contribution is 2.11. The minimum atomic E-state index is -1.16. The van der Waals surface area contributed by atoms with Crippen molar-refractivity contribution in [3.63, 3.8) is 0 Å². The third-order valence-corrected chi connectivity index (χ3v) is 2.28. The van der Waals surface area contributed by atoms with Crippen LogP contribution in [0.4, 0.5) is 0 Å². The zero-order valence-corrected chi connectivity index (χ0v) is 9.10. The fourth-order valence-corrected chi connectivity index (χ4v) is 1.30. The van der Waals surface area contributed by atoms with Crippen molar-refractivity contribution in [2.24, 2.45) is 0 Å². The monoisotopic (exact) mass is 251 g/mol. The van der Waals surface area contributed by atoms with Gasteiger partial charge in [0.1, 0.15) is 5.02 Å². The molecule has 2 aromatic heterocycles. The normalized spacial score (nSPS) is 10.2. The molecule has 0 radical (unpaired) electrons. The summed E-state index contributed by atoms with van der Waals surface area (Å²) in [7, 11) is 0. The van der Waals surface area contributed by atoms with Gasteiger partial charge in [-0.2, -0.15) is 0 Å². The zero-order chi connectivity index (χ0) is 12.4. The lowest BCUT2D eigenvalue weighted by molar-refractivity contribution is 0.0690. The van der Waals surface area contributed by atoms with Crippen LogP contribution in [0.1, 0.15) is 10.5 Å². The lowest BCUT2D eigenvalue weighted by atomic mass is 10.3. The highest BCUT2D eigenvalue weighted by molar-refractivity contribution is 6.30. The Balaban J connectivity index is 2.53. The number of rotatable bonds is 2. The summed E-state index contributed by atoms with van der Waals surface area (Å²) >= 11 is 5.57. The smallest absolute Gasteiger partial charge is 0.354 e. The first kappa shape index (κ1) is 11.3. The largest absolute Gasteiger partial charge is 0.477 e. The van der Waals surface area contributed by atoms with Crippen molar-refractivity contribution in [3.8, 4) is 11.5 Å². The minimum Gasteiger partial charge on any atom is -0.477 e. The average molecular weight is 252 g/mol. The van der Waals surface area contributed by atoms with Gasteiger partial charge in [-0.05, 0) is 6.07 Å². The Morgan fingerprint density at radius 1 is 1.47 bits per heavy atom. The SMILES string of the molecule is O=C(O)c1ccnc(-c2cc(=O)c(Cl)c[nH]2)n1. The molecule has 0 aromatic carbocycles. The van der Waals surface area contributed by atoms with Gasteiger partial charge >= 0.3 is 5.97 Å². The molecule has 0 bridgehead atoms. The summed E-state index contributed by atoms with van der Waals surface area (Å²) in [6.07, 6.45) is 2.61. The molecule has 0 unspecified atom stereocenters. The van der Waals surface area contributed by atoms with E-state index in [1.807, 2.05) is 0 Å². The molecule has 0 saturated heterocycles. The van der Waals surface area contributed by atoms with Crippen LogP contribution in [0.3, 0.4) is 0 Å². The van der Waals surface area contributed by atoms with E-state index in [-0.39, 0.29) is 22.0 Å². The van der Waals surface area contributed by atoms with Crippen LogP contribution in [0.25, 0.3) is 11.5 Å². The topological polar surface area (TPSA) is 95.9 Å². The van der Waals surface area contributed by atoms with E-state index in [2.05, 4.69) is 15.0 Å². The third kappa shape index (κ3) is 2.31. The van der Waals surface area contributed by atoms with Crippen molar-refractivity contribution in [1.29, 1.82) is 0 Å². The maximum Gasteiger partial charge on any atom is 0.354 e. The van der Waals surface area contributed by atoms with Crippen LogP contribution in [0.5, 0.6) is 0 Å². The first-order valence-corrected chi connectivity index (χ1v) is 4.90. The molecule has 2 heterocycles. The van der Waals surface area contributed by atoms with Crippen LogP contribution >= 0.6 is 11.6 Å². The number of H-pyrrole nitrogens is 1. The molecule has 2 aromatic rings. The highest BCUT2D eigenvalue weighted by atomic mass is 35.5. The second-order valence-corrected chi connectivity index (χ2v) is 3.54. The van der Waals surface area contributed by atoms with Gasteiger partial charge in [0, 0.05) is 18.5 Å². The van der Waals surface area contributed by atoms with Crippen molar-refractivity contribution < 1.29 is 9.90 Å². The van der Waals surface area contributed by atoms with E-state index in [9.17, 15) is 9.59 Å². The van der Waals surface area contributed by atoms with Crippen LogP contribution in [0, 0.1) is 0 Å². The second kappa shape index (κ2) is 4.34. The molecule has 86 valence electrons. The van der Waals surface area contributed by atoms with E-state index in [0.29, 0.717) is 5.69 Å². The van der Waals surface area contributed by atoms with Crippen LogP contribution in [-0.2, 0) is 0 Å². The van der Waals surface area contributed by atoms with Crippen LogP contribution < -0.4 is 5.43 Å². The molecule has 0 saturated carbocycles. The Kier molecular flexibility index (Phi) is 2.88. The first-order chi connectivity index (χ1) is 8.08. The Labute approximate surface area is 99.9 Å². The van der Waals surface area contributed by atoms with Gasteiger partial charge in [0.25, 0.3) is 0 Å². The van der Waals surface area contributed by atoms with Gasteiger partial charge in [-0.25, -0.2) is 14.8 Å². The molecular weight excluding hydrogens is 246 g/mol. The van der Waals surface area contributed by atoms with Crippen molar-refractivity contribution in [2.75, 3.05) is 0 Å². The molecular formula is C10H6ClN3O3. The first-order valence-electron chi connectivity index (χ1n) is 4.53. The van der Waals surface area contributed by atoms with Crippen molar-refractivity contribution in [2.45, 2.75) is 0 Å². The fourth-order valence-electron chi connectivity index (χ4n) is 1.19. The number of nitrogens with one attached hydrogen (secondary N) is 1. The summed E-state index contributed by atoms with van der Waals surface area (Å²) in [5.41, 5.74) is -0.224. The summed E-state index contributed by atoms with van der Waals surface area (Å²) in [6, 6.07) is 2.48. The lowest BCUT2D eigenvalue weighted by Crippen LogP contribution is -2.06. The van der Waals surface area contributed by atoms with Gasteiger partial charge in [0.15, 0.2) is 11.5 Å². The molecule has 0 fully saturated rings. The Hall–Kier alpha value is -2.21. The molecule has 0 aliphatic rings. The molecule has 0 atom stereocenters. The number of aromatic carboxylic acids is 1. The van der Waals surface area contributed by atoms with E-state index < -0.39 is 5.97 Å². The minimum absolute atomic E-state index is 0.0446. The number of carboxylic acids is 1. The molecule has 0 amide bonds. The summed E-state index contributed by atoms with van der Waals surface area (Å²) in [4.78, 5) is 32.4.